The molecule has 2 aliphatic carbocycles. The van der Waals surface area contributed by atoms with Crippen LogP contribution in [-0.2, 0) is 14.3 Å². The lowest BCUT2D eigenvalue weighted by Gasteiger charge is -2.25. The fourth-order valence-corrected chi connectivity index (χ4v) is 2.81. The number of hydrogen-bond donors (Lipinski definition) is 2. The van der Waals surface area contributed by atoms with Crippen molar-refractivity contribution < 1.29 is 19.4 Å². The summed E-state index contributed by atoms with van der Waals surface area (Å²) in [6, 6.07) is 0. The lowest BCUT2D eigenvalue weighted by atomic mass is 9.79. The smallest absolute Gasteiger partial charge is 0.138 e. The van der Waals surface area contributed by atoms with Gasteiger partial charge < -0.3 is 20.4 Å². The molecule has 2 aliphatic rings. The highest BCUT2D eigenvalue weighted by molar-refractivity contribution is 5.83. The first-order valence-corrected chi connectivity index (χ1v) is 10.7. The molecule has 5 nitrogen and oxygen atoms in total. The van der Waals surface area contributed by atoms with Crippen LogP contribution < -0.4 is 5.73 Å². The largest absolute Gasteiger partial charge is 0.394 e. The zero-order valence-corrected chi connectivity index (χ0v) is 18.4. The summed E-state index contributed by atoms with van der Waals surface area (Å²) in [6.45, 7) is 8.19. The Balaban J connectivity index is 0. The first-order valence-electron chi connectivity index (χ1n) is 10.7. The summed E-state index contributed by atoms with van der Waals surface area (Å²) in [6.07, 6.45) is 12.8. The van der Waals surface area contributed by atoms with Gasteiger partial charge in [-0.25, -0.2) is 0 Å². The maximum atomic E-state index is 11.1. The Morgan fingerprint density at radius 2 is 1.56 bits per heavy atom. The van der Waals surface area contributed by atoms with Crippen molar-refractivity contribution in [2.75, 3.05) is 13.7 Å². The van der Waals surface area contributed by atoms with E-state index in [-0.39, 0.29) is 12.0 Å². The highest BCUT2D eigenvalue weighted by Gasteiger charge is 2.26. The standard InChI is InChI=1S/C10H18O2.C8H14O.C3H8O.CH5N/c11-8-4-5-9-12-10-6-2-1-3-7-10;1-6(2)8(9)7-4-3-5-7;1-3(2)4;1-2/h8,10H,1-7,9H2;6-7H,3-5H2,1-2H3;3-4H,1-2H3;2H2,1H3. The maximum absolute atomic E-state index is 11.1. The van der Waals surface area contributed by atoms with Gasteiger partial charge in [-0.3, -0.25) is 4.79 Å². The Hall–Kier alpha value is -0.780. The van der Waals surface area contributed by atoms with Crippen LogP contribution in [0.15, 0.2) is 0 Å². The highest BCUT2D eigenvalue weighted by Crippen LogP contribution is 2.29. The van der Waals surface area contributed by atoms with Crippen LogP contribution in [0.25, 0.3) is 0 Å². The molecule has 2 saturated carbocycles. The third-order valence-corrected chi connectivity index (χ3v) is 4.45. The van der Waals surface area contributed by atoms with Crippen LogP contribution in [0.3, 0.4) is 0 Å². The second-order valence-corrected chi connectivity index (χ2v) is 7.72. The van der Waals surface area contributed by atoms with Gasteiger partial charge in [0, 0.05) is 31.0 Å². The number of ketones is 1. The van der Waals surface area contributed by atoms with Crippen molar-refractivity contribution in [3.63, 3.8) is 0 Å². The van der Waals surface area contributed by atoms with Gasteiger partial charge in [-0.05, 0) is 53.0 Å². The molecular formula is C22H45NO4. The lowest BCUT2D eigenvalue weighted by Crippen LogP contribution is -2.25. The molecule has 0 atom stereocenters. The average Bonchev–Trinajstić information content (AvgIpc) is 2.60. The van der Waals surface area contributed by atoms with Crippen molar-refractivity contribution in [1.82, 2.24) is 0 Å². The van der Waals surface area contributed by atoms with E-state index in [2.05, 4.69) is 5.73 Å². The molecule has 2 rings (SSSR count). The zero-order valence-electron chi connectivity index (χ0n) is 18.4. The molecule has 3 N–H and O–H groups in total. The monoisotopic (exact) mass is 387 g/mol. The minimum absolute atomic E-state index is 0.167. The minimum atomic E-state index is -0.167. The van der Waals surface area contributed by atoms with Gasteiger partial charge in [-0.1, -0.05) is 39.5 Å². The van der Waals surface area contributed by atoms with Gasteiger partial charge in [0.05, 0.1) is 6.10 Å². The van der Waals surface area contributed by atoms with E-state index in [4.69, 9.17) is 9.84 Å². The Kier molecular flexibility index (Phi) is 21.0. The Morgan fingerprint density at radius 3 is 1.89 bits per heavy atom. The zero-order chi connectivity index (χ0) is 21.1. The third kappa shape index (κ3) is 18.4. The molecule has 0 radical (unpaired) electrons. The van der Waals surface area contributed by atoms with Crippen LogP contribution in [0, 0.1) is 11.8 Å². The van der Waals surface area contributed by atoms with E-state index >= 15 is 0 Å². The number of aldehydes is 1. The number of aliphatic hydroxyl groups is 1. The number of aliphatic hydroxyl groups excluding tert-OH is 1. The molecule has 0 spiro atoms. The van der Waals surface area contributed by atoms with Gasteiger partial charge in [-0.15, -0.1) is 0 Å². The lowest BCUT2D eigenvalue weighted by molar-refractivity contribution is -0.128. The predicted molar refractivity (Wildman–Crippen MR) is 113 cm³/mol. The molecule has 0 heterocycles. The number of carbonyl (C=O) groups is 2. The molecule has 162 valence electrons. The number of ether oxygens (including phenoxy) is 1. The molecule has 27 heavy (non-hydrogen) atoms. The summed E-state index contributed by atoms with van der Waals surface area (Å²) in [5, 5.41) is 8.06. The molecule has 0 aromatic rings. The van der Waals surface area contributed by atoms with E-state index in [1.807, 2.05) is 13.8 Å². The van der Waals surface area contributed by atoms with Crippen LogP contribution >= 0.6 is 0 Å². The van der Waals surface area contributed by atoms with Gasteiger partial charge in [0.15, 0.2) is 0 Å². The van der Waals surface area contributed by atoms with Crippen molar-refractivity contribution in [3.8, 4) is 0 Å². The fraction of sp³-hybridized carbons (Fsp3) is 0.909. The predicted octanol–water partition coefficient (Wildman–Crippen LogP) is 4.29. The molecule has 0 unspecified atom stereocenters. The highest BCUT2D eigenvalue weighted by atomic mass is 16.5. The number of unbranched alkanes of at least 4 members (excludes halogenated alkanes) is 1. The molecule has 5 heteroatoms. The van der Waals surface area contributed by atoms with Gasteiger partial charge in [-0.2, -0.15) is 0 Å². The molecule has 0 amide bonds. The molecule has 0 saturated heterocycles. The summed E-state index contributed by atoms with van der Waals surface area (Å²) >= 11 is 0. The number of carbonyl (C=O) groups excluding carboxylic acids is 2. The maximum Gasteiger partial charge on any atom is 0.138 e. The third-order valence-electron chi connectivity index (χ3n) is 4.45. The molecule has 0 bridgehead atoms. The van der Waals surface area contributed by atoms with Crippen LogP contribution in [0.4, 0.5) is 0 Å². The van der Waals surface area contributed by atoms with Crippen molar-refractivity contribution in [1.29, 1.82) is 0 Å². The Bertz CT molecular complexity index is 332. The van der Waals surface area contributed by atoms with Crippen molar-refractivity contribution >= 4 is 12.1 Å². The van der Waals surface area contributed by atoms with Gasteiger partial charge in [0.25, 0.3) is 0 Å². The van der Waals surface area contributed by atoms with Crippen molar-refractivity contribution in [3.05, 3.63) is 0 Å². The SMILES string of the molecule is CC(C)C(=O)C1CCC1.CC(C)O.CN.O=CCCCOC1CCCCC1. The first-order chi connectivity index (χ1) is 12.9. The Morgan fingerprint density at radius 1 is 1.04 bits per heavy atom. The Labute approximate surface area is 167 Å². The van der Waals surface area contributed by atoms with Crippen molar-refractivity contribution in [2.24, 2.45) is 17.6 Å². The second-order valence-electron chi connectivity index (χ2n) is 7.72. The van der Waals surface area contributed by atoms with E-state index in [0.717, 1.165) is 32.2 Å². The number of Topliss-reactive ketones (excluding diaryl/α,β-unsaturated/α-hetero) is 1. The molecule has 0 aromatic heterocycles. The summed E-state index contributed by atoms with van der Waals surface area (Å²) in [5.74, 6) is 1.17. The van der Waals surface area contributed by atoms with Gasteiger partial charge >= 0.3 is 0 Å². The summed E-state index contributed by atoms with van der Waals surface area (Å²) in [7, 11) is 1.50. The quantitative estimate of drug-likeness (QED) is 0.502. The molecule has 0 aromatic carbocycles. The summed E-state index contributed by atoms with van der Waals surface area (Å²) < 4.78 is 5.63. The average molecular weight is 388 g/mol. The van der Waals surface area contributed by atoms with Crippen LogP contribution in [0.1, 0.15) is 91.9 Å². The molecular weight excluding hydrogens is 342 g/mol. The van der Waals surface area contributed by atoms with Crippen molar-refractivity contribution in [2.45, 2.75) is 104 Å². The molecule has 0 aliphatic heterocycles. The molecule has 2 fully saturated rings. The second kappa shape index (κ2) is 20.0. The summed E-state index contributed by atoms with van der Waals surface area (Å²) in [4.78, 5) is 21.1. The number of nitrogens with two attached hydrogens (primary N) is 1. The summed E-state index contributed by atoms with van der Waals surface area (Å²) in [5.41, 5.74) is 4.50. The van der Waals surface area contributed by atoms with Crippen LogP contribution in [-0.4, -0.2) is 43.0 Å². The van der Waals surface area contributed by atoms with E-state index in [1.165, 1.54) is 45.6 Å². The van der Waals surface area contributed by atoms with Crippen LogP contribution in [0.2, 0.25) is 0 Å². The van der Waals surface area contributed by atoms with E-state index in [9.17, 15) is 9.59 Å². The van der Waals surface area contributed by atoms with E-state index in [0.29, 0.717) is 24.2 Å². The first kappa shape index (κ1) is 28.4. The van der Waals surface area contributed by atoms with Crippen LogP contribution in [0.5, 0.6) is 0 Å². The van der Waals surface area contributed by atoms with E-state index in [1.54, 1.807) is 13.8 Å². The normalized spacial score (nSPS) is 16.8. The van der Waals surface area contributed by atoms with Gasteiger partial charge in [0.1, 0.15) is 12.1 Å². The van der Waals surface area contributed by atoms with Gasteiger partial charge in [0.2, 0.25) is 0 Å². The number of hydrogen-bond acceptors (Lipinski definition) is 5. The minimum Gasteiger partial charge on any atom is -0.394 e. The van der Waals surface area contributed by atoms with E-state index < -0.39 is 0 Å². The topological polar surface area (TPSA) is 89.6 Å². The fourth-order valence-electron chi connectivity index (χ4n) is 2.81. The number of rotatable bonds is 7.